The van der Waals surface area contributed by atoms with Crippen LogP contribution in [0.1, 0.15) is 12.8 Å². The third-order valence-corrected chi connectivity index (χ3v) is 5.53. The van der Waals surface area contributed by atoms with Gasteiger partial charge in [0, 0.05) is 16.4 Å². The number of phenolic OH excluding ortho intramolecular Hbond substituents is 1. The topological polar surface area (TPSA) is 40.5 Å². The summed E-state index contributed by atoms with van der Waals surface area (Å²) in [4.78, 5) is 0.935. The Labute approximate surface area is 79.7 Å². The lowest BCUT2D eigenvalue weighted by atomic mass is 10.3. The minimum absolute atomic E-state index is 0.255. The van der Waals surface area contributed by atoms with Crippen molar-refractivity contribution in [1.82, 2.24) is 0 Å². The van der Waals surface area contributed by atoms with Crippen molar-refractivity contribution in [2.75, 3.05) is 11.5 Å². The van der Waals surface area contributed by atoms with Gasteiger partial charge in [0.25, 0.3) is 0 Å². The van der Waals surface area contributed by atoms with Crippen LogP contribution in [0.25, 0.3) is 0 Å². The molecule has 1 heterocycles. The molecule has 0 spiro atoms. The molecule has 0 amide bonds. The second-order valence-electron chi connectivity index (χ2n) is 3.45. The molecular formula is C10H14O2S. The lowest BCUT2D eigenvalue weighted by molar-refractivity contribution is 0.473. The van der Waals surface area contributed by atoms with Crippen molar-refractivity contribution >= 4 is 10.3 Å². The summed E-state index contributed by atoms with van der Waals surface area (Å²) in [6, 6.07) is 7.05. The molecule has 0 saturated carbocycles. The van der Waals surface area contributed by atoms with E-state index in [1.165, 1.54) is 0 Å². The standard InChI is InChI=1S/C10H14O2S/c11-9-4-3-5-10(8-9)13(12)6-1-2-7-13/h3-5,8,11-12H,1-2,6-7H2. The number of phenols is 1. The number of hydrogen-bond acceptors (Lipinski definition) is 2. The number of benzene rings is 1. The average molecular weight is 198 g/mol. The lowest BCUT2D eigenvalue weighted by Gasteiger charge is -2.28. The Morgan fingerprint density at radius 3 is 2.46 bits per heavy atom. The van der Waals surface area contributed by atoms with Gasteiger partial charge in [-0.3, -0.25) is 0 Å². The number of aromatic hydroxyl groups is 1. The second kappa shape index (κ2) is 3.24. The number of rotatable bonds is 1. The first-order valence-corrected chi connectivity index (χ1v) is 6.44. The van der Waals surface area contributed by atoms with Gasteiger partial charge in [-0.05, 0) is 31.0 Å². The fraction of sp³-hybridized carbons (Fsp3) is 0.400. The van der Waals surface area contributed by atoms with E-state index in [0.29, 0.717) is 0 Å². The van der Waals surface area contributed by atoms with Crippen LogP contribution < -0.4 is 0 Å². The molecule has 2 N–H and O–H groups in total. The molecule has 0 atom stereocenters. The van der Waals surface area contributed by atoms with E-state index < -0.39 is 10.3 Å². The molecule has 1 aliphatic heterocycles. The summed E-state index contributed by atoms with van der Waals surface area (Å²) in [5, 5.41) is 9.29. The van der Waals surface area contributed by atoms with Gasteiger partial charge in [-0.1, -0.05) is 6.07 Å². The van der Waals surface area contributed by atoms with E-state index in [0.717, 1.165) is 29.2 Å². The molecule has 0 bridgehead atoms. The first-order valence-electron chi connectivity index (χ1n) is 4.51. The predicted octanol–water partition coefficient (Wildman–Crippen LogP) is 2.82. The molecule has 0 aromatic heterocycles. The van der Waals surface area contributed by atoms with E-state index in [9.17, 15) is 9.66 Å². The van der Waals surface area contributed by atoms with E-state index in [1.807, 2.05) is 6.07 Å². The molecule has 0 radical (unpaired) electrons. The normalized spacial score (nSPS) is 22.8. The Kier molecular flexibility index (Phi) is 2.22. The van der Waals surface area contributed by atoms with Crippen LogP contribution in [0.3, 0.4) is 0 Å². The van der Waals surface area contributed by atoms with Crippen molar-refractivity contribution in [3.63, 3.8) is 0 Å². The Hall–Kier alpha value is -0.670. The van der Waals surface area contributed by atoms with Crippen LogP contribution in [0, 0.1) is 0 Å². The zero-order valence-corrected chi connectivity index (χ0v) is 8.26. The summed E-state index contributed by atoms with van der Waals surface area (Å²) < 4.78 is 10.3. The van der Waals surface area contributed by atoms with E-state index in [4.69, 9.17) is 0 Å². The molecule has 1 saturated heterocycles. The third kappa shape index (κ3) is 1.67. The summed E-state index contributed by atoms with van der Waals surface area (Å²) in [6.07, 6.45) is 2.23. The maximum absolute atomic E-state index is 10.3. The summed E-state index contributed by atoms with van der Waals surface area (Å²) in [6.45, 7) is 0. The molecular weight excluding hydrogens is 184 g/mol. The zero-order valence-electron chi connectivity index (χ0n) is 7.44. The number of hydrogen-bond donors (Lipinski definition) is 2. The minimum Gasteiger partial charge on any atom is -0.508 e. The van der Waals surface area contributed by atoms with Gasteiger partial charge in [-0.15, -0.1) is 10.3 Å². The van der Waals surface area contributed by atoms with Crippen LogP contribution in [-0.2, 0) is 0 Å². The van der Waals surface area contributed by atoms with Crippen LogP contribution >= 0.6 is 10.3 Å². The maximum Gasteiger partial charge on any atom is 0.116 e. The second-order valence-corrected chi connectivity index (χ2v) is 6.43. The van der Waals surface area contributed by atoms with Crippen LogP contribution in [0.5, 0.6) is 5.75 Å². The smallest absolute Gasteiger partial charge is 0.116 e. The fourth-order valence-corrected chi connectivity index (χ4v) is 4.45. The van der Waals surface area contributed by atoms with Gasteiger partial charge in [0.2, 0.25) is 0 Å². The molecule has 0 unspecified atom stereocenters. The summed E-state index contributed by atoms with van der Waals surface area (Å²) in [7, 11) is -1.56. The molecule has 3 heteroatoms. The summed E-state index contributed by atoms with van der Waals surface area (Å²) in [5.74, 6) is 2.05. The Bertz CT molecular complexity index is 306. The van der Waals surface area contributed by atoms with Gasteiger partial charge >= 0.3 is 0 Å². The van der Waals surface area contributed by atoms with Crippen molar-refractivity contribution in [1.29, 1.82) is 0 Å². The molecule has 2 nitrogen and oxygen atoms in total. The molecule has 13 heavy (non-hydrogen) atoms. The van der Waals surface area contributed by atoms with Crippen molar-refractivity contribution < 1.29 is 9.66 Å². The highest BCUT2D eigenvalue weighted by Gasteiger charge is 2.27. The molecule has 1 aliphatic rings. The van der Waals surface area contributed by atoms with E-state index >= 15 is 0 Å². The first kappa shape index (κ1) is 8.91. The fourth-order valence-electron chi connectivity index (χ4n) is 1.74. The molecule has 1 aromatic rings. The lowest BCUT2D eigenvalue weighted by Crippen LogP contribution is -2.00. The van der Waals surface area contributed by atoms with Gasteiger partial charge in [-0.25, -0.2) is 0 Å². The van der Waals surface area contributed by atoms with Crippen LogP contribution in [0.2, 0.25) is 0 Å². The highest BCUT2D eigenvalue weighted by molar-refractivity contribution is 8.29. The Morgan fingerprint density at radius 2 is 1.85 bits per heavy atom. The largest absolute Gasteiger partial charge is 0.508 e. The highest BCUT2D eigenvalue weighted by Crippen LogP contribution is 2.57. The summed E-state index contributed by atoms with van der Waals surface area (Å²) in [5.41, 5.74) is 0. The molecule has 2 rings (SSSR count). The average Bonchev–Trinajstić information content (AvgIpc) is 2.54. The summed E-state index contributed by atoms with van der Waals surface area (Å²) >= 11 is 0. The quantitative estimate of drug-likeness (QED) is 0.728. The maximum atomic E-state index is 10.3. The SMILES string of the molecule is Oc1cccc(S2(O)CCCC2)c1. The van der Waals surface area contributed by atoms with Gasteiger partial charge < -0.3 is 9.66 Å². The van der Waals surface area contributed by atoms with Crippen molar-refractivity contribution in [2.45, 2.75) is 17.7 Å². The van der Waals surface area contributed by atoms with Crippen molar-refractivity contribution in [3.05, 3.63) is 24.3 Å². The highest BCUT2D eigenvalue weighted by atomic mass is 32.3. The van der Waals surface area contributed by atoms with Gasteiger partial charge in [0.15, 0.2) is 0 Å². The van der Waals surface area contributed by atoms with E-state index in [1.54, 1.807) is 18.2 Å². The van der Waals surface area contributed by atoms with Gasteiger partial charge in [0.05, 0.1) is 0 Å². The van der Waals surface area contributed by atoms with E-state index in [2.05, 4.69) is 0 Å². The molecule has 72 valence electrons. The van der Waals surface area contributed by atoms with Crippen LogP contribution in [0.15, 0.2) is 29.2 Å². The molecule has 0 aliphatic carbocycles. The third-order valence-electron chi connectivity index (χ3n) is 2.47. The zero-order chi connectivity index (χ0) is 9.31. The predicted molar refractivity (Wildman–Crippen MR) is 55.6 cm³/mol. The first-order chi connectivity index (χ1) is 6.21. The van der Waals surface area contributed by atoms with E-state index in [-0.39, 0.29) is 5.75 Å². The van der Waals surface area contributed by atoms with Gasteiger partial charge in [-0.2, -0.15) is 0 Å². The van der Waals surface area contributed by atoms with Crippen molar-refractivity contribution in [2.24, 2.45) is 0 Å². The van der Waals surface area contributed by atoms with Crippen LogP contribution in [-0.4, -0.2) is 21.2 Å². The van der Waals surface area contributed by atoms with Crippen LogP contribution in [0.4, 0.5) is 0 Å². The van der Waals surface area contributed by atoms with Crippen molar-refractivity contribution in [3.8, 4) is 5.75 Å². The monoisotopic (exact) mass is 198 g/mol. The molecule has 1 aromatic carbocycles. The molecule has 1 fully saturated rings. The van der Waals surface area contributed by atoms with Gasteiger partial charge in [0.1, 0.15) is 5.75 Å². The Balaban J connectivity index is 2.33. The minimum atomic E-state index is -1.56. The Morgan fingerprint density at radius 1 is 1.15 bits per heavy atom.